The Morgan fingerprint density at radius 3 is 2.42 bits per heavy atom. The highest BCUT2D eigenvalue weighted by Gasteiger charge is 2.40. The fourth-order valence-corrected chi connectivity index (χ4v) is 5.22. The van der Waals surface area contributed by atoms with E-state index in [9.17, 15) is 14.0 Å². The largest absolute Gasteiger partial charge is 0.339 e. The molecule has 3 atom stereocenters. The van der Waals surface area contributed by atoms with E-state index in [0.29, 0.717) is 44.1 Å². The molecule has 2 saturated carbocycles. The molecule has 4 nitrogen and oxygen atoms in total. The van der Waals surface area contributed by atoms with E-state index in [1.165, 1.54) is 37.8 Å². The number of carbonyl (C=O) groups is 2. The molecule has 2 aliphatic carbocycles. The number of hydrogen-bond donors (Lipinski definition) is 0. The van der Waals surface area contributed by atoms with Gasteiger partial charge in [-0.3, -0.25) is 9.59 Å². The van der Waals surface area contributed by atoms with Crippen LogP contribution in [0.25, 0.3) is 0 Å². The van der Waals surface area contributed by atoms with Crippen molar-refractivity contribution < 1.29 is 14.0 Å². The van der Waals surface area contributed by atoms with E-state index in [4.69, 9.17) is 11.6 Å². The van der Waals surface area contributed by atoms with Crippen molar-refractivity contribution in [1.82, 2.24) is 9.80 Å². The Morgan fingerprint density at radius 2 is 1.81 bits per heavy atom. The van der Waals surface area contributed by atoms with Crippen LogP contribution in [0, 0.1) is 23.6 Å². The second kappa shape index (κ2) is 7.18. The summed E-state index contributed by atoms with van der Waals surface area (Å²) in [5.41, 5.74) is 0.315. The van der Waals surface area contributed by atoms with Gasteiger partial charge in [0.05, 0.1) is 10.6 Å². The second-order valence-electron chi connectivity index (χ2n) is 7.94. The first-order chi connectivity index (χ1) is 12.5. The van der Waals surface area contributed by atoms with Gasteiger partial charge in [0.25, 0.3) is 5.91 Å². The first kappa shape index (κ1) is 17.8. The lowest BCUT2D eigenvalue weighted by Crippen LogP contribution is -2.51. The summed E-state index contributed by atoms with van der Waals surface area (Å²) >= 11 is 6.00. The Morgan fingerprint density at radius 1 is 1.08 bits per heavy atom. The van der Waals surface area contributed by atoms with Crippen molar-refractivity contribution in [1.29, 1.82) is 0 Å². The first-order valence-corrected chi connectivity index (χ1v) is 9.91. The van der Waals surface area contributed by atoms with Gasteiger partial charge in [-0.1, -0.05) is 18.0 Å². The van der Waals surface area contributed by atoms with Crippen LogP contribution in [0.1, 0.15) is 42.5 Å². The molecule has 3 fully saturated rings. The smallest absolute Gasteiger partial charge is 0.255 e. The highest BCUT2D eigenvalue weighted by atomic mass is 35.5. The minimum atomic E-state index is -0.456. The second-order valence-corrected chi connectivity index (χ2v) is 8.34. The van der Waals surface area contributed by atoms with Crippen LogP contribution in [0.4, 0.5) is 4.39 Å². The Labute approximate surface area is 158 Å². The summed E-state index contributed by atoms with van der Waals surface area (Å²) in [5.74, 6) is 1.76. The molecule has 2 bridgehead atoms. The molecule has 1 saturated heterocycles. The third kappa shape index (κ3) is 3.46. The molecule has 6 heteroatoms. The van der Waals surface area contributed by atoms with Crippen LogP contribution >= 0.6 is 11.6 Å². The number of hydrogen-bond acceptors (Lipinski definition) is 2. The van der Waals surface area contributed by atoms with Crippen molar-refractivity contribution in [3.05, 3.63) is 34.6 Å². The molecule has 3 aliphatic rings. The van der Waals surface area contributed by atoms with Crippen LogP contribution < -0.4 is 0 Å². The minimum absolute atomic E-state index is 0.129. The Balaban J connectivity index is 1.30. The zero-order valence-electron chi connectivity index (χ0n) is 14.8. The van der Waals surface area contributed by atoms with Crippen LogP contribution in [0.3, 0.4) is 0 Å². The fraction of sp³-hybridized carbons (Fsp3) is 0.600. The van der Waals surface area contributed by atoms with Gasteiger partial charge in [0, 0.05) is 32.6 Å². The third-order valence-corrected chi connectivity index (χ3v) is 6.72. The predicted octanol–water partition coefficient (Wildman–Crippen LogP) is 3.59. The molecule has 0 N–H and O–H groups in total. The maximum Gasteiger partial charge on any atom is 0.255 e. The van der Waals surface area contributed by atoms with Gasteiger partial charge in [-0.2, -0.15) is 0 Å². The van der Waals surface area contributed by atoms with Gasteiger partial charge in [0.15, 0.2) is 0 Å². The van der Waals surface area contributed by atoms with Crippen molar-refractivity contribution in [2.24, 2.45) is 17.8 Å². The van der Waals surface area contributed by atoms with E-state index in [1.54, 1.807) is 4.90 Å². The van der Waals surface area contributed by atoms with E-state index >= 15 is 0 Å². The molecule has 3 unspecified atom stereocenters. The molecular weight excluding hydrogens is 355 g/mol. The number of nitrogens with zero attached hydrogens (tertiary/aromatic N) is 2. The molecule has 0 aromatic heterocycles. The van der Waals surface area contributed by atoms with Crippen molar-refractivity contribution in [2.75, 3.05) is 26.2 Å². The highest BCUT2D eigenvalue weighted by molar-refractivity contribution is 6.33. The minimum Gasteiger partial charge on any atom is -0.339 e. The van der Waals surface area contributed by atoms with Gasteiger partial charge < -0.3 is 9.80 Å². The van der Waals surface area contributed by atoms with Crippen LogP contribution in [-0.2, 0) is 4.79 Å². The quantitative estimate of drug-likeness (QED) is 0.806. The van der Waals surface area contributed by atoms with E-state index in [1.807, 2.05) is 4.90 Å². The van der Waals surface area contributed by atoms with Crippen molar-refractivity contribution in [3.8, 4) is 0 Å². The van der Waals surface area contributed by atoms with Crippen LogP contribution in [0.2, 0.25) is 5.02 Å². The summed E-state index contributed by atoms with van der Waals surface area (Å²) in [6.07, 6.45) is 5.85. The lowest BCUT2D eigenvalue weighted by Gasteiger charge is -2.36. The molecule has 1 aliphatic heterocycles. The van der Waals surface area contributed by atoms with Crippen LogP contribution in [-0.4, -0.2) is 47.8 Å². The number of piperazine rings is 1. The number of halogens is 2. The maximum atomic E-state index is 13.2. The Hall–Kier alpha value is -1.62. The average Bonchev–Trinajstić information content (AvgIpc) is 3.24. The monoisotopic (exact) mass is 378 g/mol. The summed E-state index contributed by atoms with van der Waals surface area (Å²) in [4.78, 5) is 28.8. The van der Waals surface area contributed by atoms with Gasteiger partial charge >= 0.3 is 0 Å². The number of benzene rings is 1. The Bertz CT molecular complexity index is 718. The zero-order valence-corrected chi connectivity index (χ0v) is 15.6. The third-order valence-electron chi connectivity index (χ3n) is 6.40. The molecule has 1 heterocycles. The average molecular weight is 379 g/mol. The van der Waals surface area contributed by atoms with Crippen molar-refractivity contribution in [3.63, 3.8) is 0 Å². The van der Waals surface area contributed by atoms with Gasteiger partial charge in [0.2, 0.25) is 5.91 Å². The first-order valence-electron chi connectivity index (χ1n) is 9.53. The molecule has 4 rings (SSSR count). The predicted molar refractivity (Wildman–Crippen MR) is 97.4 cm³/mol. The zero-order chi connectivity index (χ0) is 18.3. The lowest BCUT2D eigenvalue weighted by molar-refractivity contribution is -0.134. The maximum absolute atomic E-state index is 13.2. The molecular formula is C20H24ClFN2O2. The Kier molecular flexibility index (Phi) is 4.91. The molecule has 0 spiro atoms. The SMILES string of the molecule is O=C(CC1CC2CCC1C2)N1CCN(C(=O)c2ccc(F)cc2Cl)CC1. The number of carbonyl (C=O) groups excluding carboxylic acids is 2. The van der Waals surface area contributed by atoms with Gasteiger partial charge in [0.1, 0.15) is 5.82 Å². The number of fused-ring (bicyclic) bond motifs is 2. The van der Waals surface area contributed by atoms with Crippen molar-refractivity contribution >= 4 is 23.4 Å². The molecule has 26 heavy (non-hydrogen) atoms. The molecule has 140 valence electrons. The summed E-state index contributed by atoms with van der Waals surface area (Å²) in [6.45, 7) is 2.11. The fourth-order valence-electron chi connectivity index (χ4n) is 4.97. The van der Waals surface area contributed by atoms with Crippen LogP contribution in [0.5, 0.6) is 0 Å². The van der Waals surface area contributed by atoms with Crippen molar-refractivity contribution in [2.45, 2.75) is 32.1 Å². The summed E-state index contributed by atoms with van der Waals surface area (Å²) in [7, 11) is 0. The normalized spacial score (nSPS) is 27.8. The van der Waals surface area contributed by atoms with E-state index < -0.39 is 5.82 Å². The topological polar surface area (TPSA) is 40.6 Å². The van der Waals surface area contributed by atoms with E-state index in [0.717, 1.165) is 17.9 Å². The van der Waals surface area contributed by atoms with Crippen LogP contribution in [0.15, 0.2) is 18.2 Å². The lowest BCUT2D eigenvalue weighted by atomic mass is 9.86. The summed E-state index contributed by atoms with van der Waals surface area (Å²) < 4.78 is 13.2. The van der Waals surface area contributed by atoms with E-state index in [-0.39, 0.29) is 16.8 Å². The van der Waals surface area contributed by atoms with E-state index in [2.05, 4.69) is 0 Å². The highest BCUT2D eigenvalue weighted by Crippen LogP contribution is 2.49. The standard InChI is InChI=1S/C20H24ClFN2O2/c21-18-12-16(22)3-4-17(18)20(26)24-7-5-23(6-8-24)19(25)11-15-10-13-1-2-14(15)9-13/h3-4,12-15H,1-2,5-11H2. The van der Waals surface area contributed by atoms with Gasteiger partial charge in [-0.15, -0.1) is 0 Å². The van der Waals surface area contributed by atoms with Gasteiger partial charge in [-0.05, 0) is 55.2 Å². The number of amides is 2. The summed E-state index contributed by atoms with van der Waals surface area (Å²) in [6, 6.07) is 3.82. The molecule has 1 aromatic carbocycles. The number of rotatable bonds is 3. The molecule has 1 aromatic rings. The van der Waals surface area contributed by atoms with Gasteiger partial charge in [-0.25, -0.2) is 4.39 Å². The molecule has 0 radical (unpaired) electrons. The summed E-state index contributed by atoms with van der Waals surface area (Å²) in [5, 5.41) is 0.129. The molecule has 2 amide bonds.